The van der Waals surface area contributed by atoms with Crippen LogP contribution in [0.1, 0.15) is 33.2 Å². The van der Waals surface area contributed by atoms with Crippen molar-refractivity contribution in [2.75, 3.05) is 10.6 Å². The minimum atomic E-state index is -0.277. The summed E-state index contributed by atoms with van der Waals surface area (Å²) in [6, 6.07) is 17.4. The molecule has 0 saturated carbocycles. The normalized spacial score (nSPS) is 11.6. The van der Waals surface area contributed by atoms with Crippen molar-refractivity contribution < 1.29 is 4.79 Å². The molecule has 0 fully saturated rings. The van der Waals surface area contributed by atoms with E-state index in [0.717, 1.165) is 11.3 Å². The van der Waals surface area contributed by atoms with Crippen LogP contribution in [0.25, 0.3) is 0 Å². The summed E-state index contributed by atoms with van der Waals surface area (Å²) in [6.07, 6.45) is 3.30. The van der Waals surface area contributed by atoms with E-state index in [-0.39, 0.29) is 11.9 Å². The number of rotatable bonds is 6. The Bertz CT molecular complexity index is 1080. The summed E-state index contributed by atoms with van der Waals surface area (Å²) in [4.78, 5) is 21.2. The molecule has 1 unspecified atom stereocenters. The molecule has 1 atom stereocenters. The second-order valence-electron chi connectivity index (χ2n) is 6.38. The van der Waals surface area contributed by atoms with Gasteiger partial charge in [0.25, 0.3) is 5.91 Å². The van der Waals surface area contributed by atoms with Gasteiger partial charge in [0.1, 0.15) is 11.3 Å². The summed E-state index contributed by atoms with van der Waals surface area (Å²) in [5.74, 6) is 0.371. The molecule has 7 nitrogen and oxygen atoms in total. The number of anilines is 2. The summed E-state index contributed by atoms with van der Waals surface area (Å²) < 4.78 is 0. The number of carbonyl (C=O) groups is 1. The van der Waals surface area contributed by atoms with Crippen LogP contribution in [0.4, 0.5) is 10.9 Å². The Morgan fingerprint density at radius 1 is 1.07 bits per heavy atom. The Morgan fingerprint density at radius 2 is 2.00 bits per heavy atom. The van der Waals surface area contributed by atoms with Crippen LogP contribution in [-0.4, -0.2) is 26.1 Å². The van der Waals surface area contributed by atoms with Crippen molar-refractivity contribution >= 4 is 28.2 Å². The molecule has 4 aromatic rings. The van der Waals surface area contributed by atoms with Gasteiger partial charge in [-0.15, -0.1) is 10.2 Å². The third-order valence-corrected chi connectivity index (χ3v) is 4.86. The molecule has 144 valence electrons. The predicted molar refractivity (Wildman–Crippen MR) is 113 cm³/mol. The van der Waals surface area contributed by atoms with Gasteiger partial charge in [0.15, 0.2) is 0 Å². The molecule has 0 aliphatic carbocycles. The second kappa shape index (κ2) is 8.57. The van der Waals surface area contributed by atoms with Gasteiger partial charge in [-0.3, -0.25) is 15.1 Å². The summed E-state index contributed by atoms with van der Waals surface area (Å²) >= 11 is 1.26. The minimum Gasteiger partial charge on any atom is -0.358 e. The van der Waals surface area contributed by atoms with E-state index in [2.05, 4.69) is 55.9 Å². The quantitative estimate of drug-likeness (QED) is 0.505. The Labute approximate surface area is 171 Å². The summed E-state index contributed by atoms with van der Waals surface area (Å²) in [5, 5.41) is 14.1. The highest BCUT2D eigenvalue weighted by atomic mass is 32.1. The standard InChI is InChI=1S/C21H18N6OS/c1-14-5-4-6-15(11-14)19(17-7-2-3-10-22-17)25-18-9-8-16(12-23-18)20(28)26-21-27-24-13-29-21/h2-13,19H,1H3,(H,23,25)(H,26,27,28). The number of nitrogens with one attached hydrogen (secondary N) is 2. The van der Waals surface area contributed by atoms with Crippen LogP contribution in [0.5, 0.6) is 0 Å². The lowest BCUT2D eigenvalue weighted by atomic mass is 10.0. The molecular weight excluding hydrogens is 384 g/mol. The molecular formula is C21H18N6OS. The highest BCUT2D eigenvalue weighted by Gasteiger charge is 2.16. The van der Waals surface area contributed by atoms with E-state index in [1.54, 1.807) is 23.8 Å². The maximum atomic E-state index is 12.3. The van der Waals surface area contributed by atoms with Gasteiger partial charge in [-0.2, -0.15) is 0 Å². The molecule has 4 rings (SSSR count). The maximum Gasteiger partial charge on any atom is 0.259 e. The second-order valence-corrected chi connectivity index (χ2v) is 7.21. The lowest BCUT2D eigenvalue weighted by Gasteiger charge is -2.20. The molecule has 0 spiro atoms. The first-order valence-electron chi connectivity index (χ1n) is 8.96. The zero-order valence-corrected chi connectivity index (χ0v) is 16.4. The maximum absolute atomic E-state index is 12.3. The number of aromatic nitrogens is 4. The minimum absolute atomic E-state index is 0.162. The third-order valence-electron chi connectivity index (χ3n) is 4.26. The zero-order chi connectivity index (χ0) is 20.1. The number of hydrogen-bond donors (Lipinski definition) is 2. The fourth-order valence-electron chi connectivity index (χ4n) is 2.88. The number of nitrogens with zero attached hydrogens (tertiary/aromatic N) is 4. The third kappa shape index (κ3) is 4.61. The molecule has 29 heavy (non-hydrogen) atoms. The molecule has 1 amide bonds. The number of hydrogen-bond acceptors (Lipinski definition) is 7. The number of aryl methyl sites for hydroxylation is 1. The molecule has 0 aliphatic heterocycles. The van der Waals surface area contributed by atoms with Gasteiger partial charge >= 0.3 is 0 Å². The van der Waals surface area contributed by atoms with E-state index in [1.165, 1.54) is 23.1 Å². The topological polar surface area (TPSA) is 92.7 Å². The van der Waals surface area contributed by atoms with Gasteiger partial charge in [0.05, 0.1) is 17.3 Å². The smallest absolute Gasteiger partial charge is 0.259 e. The molecule has 0 saturated heterocycles. The van der Waals surface area contributed by atoms with Gasteiger partial charge in [0.2, 0.25) is 5.13 Å². The van der Waals surface area contributed by atoms with Gasteiger partial charge in [0, 0.05) is 12.4 Å². The number of amides is 1. The Kier molecular flexibility index (Phi) is 5.53. The van der Waals surface area contributed by atoms with Crippen LogP contribution in [0.3, 0.4) is 0 Å². The van der Waals surface area contributed by atoms with Gasteiger partial charge in [-0.1, -0.05) is 47.2 Å². The van der Waals surface area contributed by atoms with Crippen LogP contribution in [0.2, 0.25) is 0 Å². The molecule has 0 aliphatic rings. The van der Waals surface area contributed by atoms with Gasteiger partial charge in [-0.25, -0.2) is 4.98 Å². The van der Waals surface area contributed by atoms with E-state index >= 15 is 0 Å². The van der Waals surface area contributed by atoms with Crippen molar-refractivity contribution in [3.63, 3.8) is 0 Å². The lowest BCUT2D eigenvalue weighted by Crippen LogP contribution is -2.16. The van der Waals surface area contributed by atoms with Crippen LogP contribution in [0.15, 0.2) is 72.5 Å². The largest absolute Gasteiger partial charge is 0.358 e. The zero-order valence-electron chi connectivity index (χ0n) is 15.6. The van der Waals surface area contributed by atoms with E-state index in [9.17, 15) is 4.79 Å². The fourth-order valence-corrected chi connectivity index (χ4v) is 3.32. The lowest BCUT2D eigenvalue weighted by molar-refractivity contribution is 0.102. The fraction of sp³-hybridized carbons (Fsp3) is 0.0952. The van der Waals surface area contributed by atoms with Crippen molar-refractivity contribution in [3.8, 4) is 0 Å². The monoisotopic (exact) mass is 402 g/mol. The van der Waals surface area contributed by atoms with E-state index in [4.69, 9.17) is 0 Å². The van der Waals surface area contributed by atoms with Gasteiger partial charge in [-0.05, 0) is 36.8 Å². The molecule has 3 heterocycles. The predicted octanol–water partition coefficient (Wildman–Crippen LogP) is 4.09. The van der Waals surface area contributed by atoms with Crippen molar-refractivity contribution in [1.29, 1.82) is 0 Å². The molecule has 1 aromatic carbocycles. The first-order chi connectivity index (χ1) is 14.2. The highest BCUT2D eigenvalue weighted by molar-refractivity contribution is 7.13. The average Bonchev–Trinajstić information content (AvgIpc) is 3.26. The Balaban J connectivity index is 1.55. The first kappa shape index (κ1) is 18.7. The van der Waals surface area contributed by atoms with E-state index in [1.807, 2.05) is 24.3 Å². The Morgan fingerprint density at radius 3 is 2.69 bits per heavy atom. The molecule has 8 heteroatoms. The van der Waals surface area contributed by atoms with Crippen molar-refractivity contribution in [3.05, 3.63) is 94.9 Å². The molecule has 3 aromatic heterocycles. The summed E-state index contributed by atoms with van der Waals surface area (Å²) in [5.41, 5.74) is 5.14. The van der Waals surface area contributed by atoms with Crippen molar-refractivity contribution in [2.24, 2.45) is 0 Å². The van der Waals surface area contributed by atoms with Crippen LogP contribution < -0.4 is 10.6 Å². The average molecular weight is 402 g/mol. The highest BCUT2D eigenvalue weighted by Crippen LogP contribution is 2.25. The summed E-state index contributed by atoms with van der Waals surface area (Å²) in [6.45, 7) is 2.06. The number of carbonyl (C=O) groups excluding carboxylic acids is 1. The summed E-state index contributed by atoms with van der Waals surface area (Å²) in [7, 11) is 0. The molecule has 0 bridgehead atoms. The SMILES string of the molecule is Cc1cccc(C(Nc2ccc(C(=O)Nc3nncs3)cn2)c2ccccn2)c1. The number of benzene rings is 1. The van der Waals surface area contributed by atoms with Gasteiger partial charge < -0.3 is 5.32 Å². The Hall–Kier alpha value is -3.65. The number of pyridine rings is 2. The molecule has 2 N–H and O–H groups in total. The van der Waals surface area contributed by atoms with Crippen LogP contribution in [-0.2, 0) is 0 Å². The first-order valence-corrected chi connectivity index (χ1v) is 9.84. The van der Waals surface area contributed by atoms with Crippen molar-refractivity contribution in [1.82, 2.24) is 20.2 Å². The van der Waals surface area contributed by atoms with Crippen LogP contribution >= 0.6 is 11.3 Å². The van der Waals surface area contributed by atoms with Crippen LogP contribution in [0, 0.1) is 6.92 Å². The molecule has 0 radical (unpaired) electrons. The van der Waals surface area contributed by atoms with E-state index < -0.39 is 0 Å². The van der Waals surface area contributed by atoms with E-state index in [0.29, 0.717) is 16.5 Å². The van der Waals surface area contributed by atoms with Crippen molar-refractivity contribution in [2.45, 2.75) is 13.0 Å².